The fourth-order valence-electron chi connectivity index (χ4n) is 5.23. The van der Waals surface area contributed by atoms with Gasteiger partial charge in [-0.2, -0.15) is 0 Å². The van der Waals surface area contributed by atoms with Crippen molar-refractivity contribution in [3.05, 3.63) is 47.5 Å². The van der Waals surface area contributed by atoms with E-state index < -0.39 is 0 Å². The van der Waals surface area contributed by atoms with E-state index in [4.69, 9.17) is 0 Å². The number of rotatable bonds is 7. The smallest absolute Gasteiger partial charge is 0.0928 e. The van der Waals surface area contributed by atoms with Crippen LogP contribution in [0.5, 0.6) is 0 Å². The maximum absolute atomic E-state index is 12.2. The minimum atomic E-state index is -0.224. The van der Waals surface area contributed by atoms with Crippen LogP contribution in [-0.4, -0.2) is 6.67 Å². The number of alkyl halides is 1. The van der Waals surface area contributed by atoms with Crippen molar-refractivity contribution < 1.29 is 4.39 Å². The van der Waals surface area contributed by atoms with Gasteiger partial charge in [-0.3, -0.25) is 4.39 Å². The number of allylic oxidation sites excluding steroid dienone is 2. The highest BCUT2D eigenvalue weighted by Gasteiger charge is 2.23. The average Bonchev–Trinajstić information content (AvgIpc) is 2.70. The number of hydrogen-bond donors (Lipinski definition) is 0. The fourth-order valence-corrected chi connectivity index (χ4v) is 5.23. The van der Waals surface area contributed by atoms with Crippen LogP contribution < -0.4 is 0 Å². The van der Waals surface area contributed by atoms with E-state index in [0.717, 1.165) is 17.8 Å². The van der Waals surface area contributed by atoms with Crippen molar-refractivity contribution in [2.75, 3.05) is 6.67 Å². The summed E-state index contributed by atoms with van der Waals surface area (Å²) in [7, 11) is 0. The Hall–Kier alpha value is -1.11. The van der Waals surface area contributed by atoms with Crippen molar-refractivity contribution >= 4 is 0 Å². The Morgan fingerprint density at radius 1 is 0.846 bits per heavy atom. The van der Waals surface area contributed by atoms with Gasteiger partial charge in [0.25, 0.3) is 0 Å². The van der Waals surface area contributed by atoms with Gasteiger partial charge >= 0.3 is 0 Å². The minimum Gasteiger partial charge on any atom is -0.251 e. The van der Waals surface area contributed by atoms with Gasteiger partial charge in [-0.1, -0.05) is 56.2 Å². The second-order valence-electron chi connectivity index (χ2n) is 8.69. The van der Waals surface area contributed by atoms with Crippen LogP contribution in [0.2, 0.25) is 0 Å². The first kappa shape index (κ1) is 19.6. The molecule has 144 valence electrons. The lowest BCUT2D eigenvalue weighted by molar-refractivity contribution is 0.308. The standard InChI is InChI=1S/C25H37F/c1-2-5-20-7-11-22(12-8-20)24-15-17-25(18-16-24)23-13-9-21(10-14-23)6-3-4-19-26/h3,6,15-18,20-23H,2,4-5,7-14,19H2,1H3/b6-3+. The zero-order valence-corrected chi connectivity index (χ0v) is 16.6. The monoisotopic (exact) mass is 356 g/mol. The van der Waals surface area contributed by atoms with Gasteiger partial charge in [0.2, 0.25) is 0 Å². The van der Waals surface area contributed by atoms with Gasteiger partial charge in [0, 0.05) is 0 Å². The third kappa shape index (κ3) is 5.44. The molecule has 0 aliphatic heterocycles. The molecule has 2 aliphatic carbocycles. The Morgan fingerprint density at radius 2 is 1.38 bits per heavy atom. The summed E-state index contributed by atoms with van der Waals surface area (Å²) in [6, 6.07) is 9.68. The third-order valence-electron chi connectivity index (χ3n) is 6.88. The lowest BCUT2D eigenvalue weighted by Crippen LogP contribution is -2.14. The molecule has 1 aromatic carbocycles. The molecular weight excluding hydrogens is 319 g/mol. The lowest BCUT2D eigenvalue weighted by Gasteiger charge is -2.30. The second-order valence-corrected chi connectivity index (χ2v) is 8.69. The molecule has 2 saturated carbocycles. The maximum atomic E-state index is 12.2. The van der Waals surface area contributed by atoms with E-state index in [1.54, 1.807) is 11.1 Å². The van der Waals surface area contributed by atoms with Gasteiger partial charge in [0.15, 0.2) is 0 Å². The Bertz CT molecular complexity index is 528. The zero-order chi connectivity index (χ0) is 18.2. The summed E-state index contributed by atoms with van der Waals surface area (Å²) < 4.78 is 12.2. The van der Waals surface area contributed by atoms with Crippen LogP contribution in [0, 0.1) is 11.8 Å². The van der Waals surface area contributed by atoms with Crippen LogP contribution in [0.4, 0.5) is 4.39 Å². The molecule has 0 aromatic heterocycles. The van der Waals surface area contributed by atoms with Gasteiger partial charge in [-0.25, -0.2) is 0 Å². The normalized spacial score (nSPS) is 29.9. The van der Waals surface area contributed by atoms with Gasteiger partial charge < -0.3 is 0 Å². The first-order valence-corrected chi connectivity index (χ1v) is 11.1. The van der Waals surface area contributed by atoms with Crippen molar-refractivity contribution in [1.29, 1.82) is 0 Å². The zero-order valence-electron chi connectivity index (χ0n) is 16.6. The second kappa shape index (κ2) is 10.3. The molecule has 0 atom stereocenters. The molecule has 0 bridgehead atoms. The first-order chi connectivity index (χ1) is 12.8. The van der Waals surface area contributed by atoms with E-state index >= 15 is 0 Å². The van der Waals surface area contributed by atoms with E-state index in [9.17, 15) is 4.39 Å². The molecule has 3 rings (SSSR count). The predicted molar refractivity (Wildman–Crippen MR) is 110 cm³/mol. The predicted octanol–water partition coefficient (Wildman–Crippen LogP) is 7.95. The molecule has 0 saturated heterocycles. The summed E-state index contributed by atoms with van der Waals surface area (Å²) in [5.41, 5.74) is 3.12. The summed E-state index contributed by atoms with van der Waals surface area (Å²) in [4.78, 5) is 0. The summed E-state index contributed by atoms with van der Waals surface area (Å²) in [6.45, 7) is 2.09. The van der Waals surface area contributed by atoms with Crippen molar-refractivity contribution in [3.8, 4) is 0 Å². The Labute approximate surface area is 160 Å². The average molecular weight is 357 g/mol. The number of benzene rings is 1. The molecule has 1 aromatic rings. The third-order valence-corrected chi connectivity index (χ3v) is 6.88. The van der Waals surface area contributed by atoms with Gasteiger partial charge in [0.05, 0.1) is 6.67 Å². The molecule has 26 heavy (non-hydrogen) atoms. The Kier molecular flexibility index (Phi) is 7.77. The highest BCUT2D eigenvalue weighted by molar-refractivity contribution is 5.28. The summed E-state index contributed by atoms with van der Waals surface area (Å²) in [6.07, 6.45) is 18.4. The van der Waals surface area contributed by atoms with E-state index in [1.807, 2.05) is 6.08 Å². The van der Waals surface area contributed by atoms with Gasteiger partial charge in [0.1, 0.15) is 0 Å². The van der Waals surface area contributed by atoms with Crippen LogP contribution >= 0.6 is 0 Å². The molecule has 1 heteroatoms. The molecule has 2 aliphatic rings. The van der Waals surface area contributed by atoms with E-state index in [-0.39, 0.29) is 6.67 Å². The SMILES string of the molecule is CCCC1CCC(c2ccc(C3CCC(/C=C/CCF)CC3)cc2)CC1. The first-order valence-electron chi connectivity index (χ1n) is 11.1. The highest BCUT2D eigenvalue weighted by atomic mass is 19.1. The van der Waals surface area contributed by atoms with Crippen LogP contribution in [0.1, 0.15) is 101 Å². The fraction of sp³-hybridized carbons (Fsp3) is 0.680. The molecular formula is C25H37F. The quantitative estimate of drug-likeness (QED) is 0.435. The van der Waals surface area contributed by atoms with Crippen molar-refractivity contribution in [2.24, 2.45) is 11.8 Å². The molecule has 0 unspecified atom stereocenters. The van der Waals surface area contributed by atoms with Crippen LogP contribution in [0.15, 0.2) is 36.4 Å². The van der Waals surface area contributed by atoms with Crippen molar-refractivity contribution in [1.82, 2.24) is 0 Å². The van der Waals surface area contributed by atoms with Gasteiger partial charge in [-0.15, -0.1) is 0 Å². The Balaban J connectivity index is 1.48. The maximum Gasteiger partial charge on any atom is 0.0928 e. The largest absolute Gasteiger partial charge is 0.251 e. The van der Waals surface area contributed by atoms with E-state index in [2.05, 4.69) is 37.3 Å². The summed E-state index contributed by atoms with van der Waals surface area (Å²) >= 11 is 0. The van der Waals surface area contributed by atoms with Crippen LogP contribution in [0.25, 0.3) is 0 Å². The van der Waals surface area contributed by atoms with Gasteiger partial charge in [-0.05, 0) is 92.6 Å². The lowest BCUT2D eigenvalue weighted by atomic mass is 9.76. The molecule has 0 nitrogen and oxygen atoms in total. The minimum absolute atomic E-state index is 0.224. The highest BCUT2D eigenvalue weighted by Crippen LogP contribution is 2.39. The Morgan fingerprint density at radius 3 is 1.88 bits per heavy atom. The van der Waals surface area contributed by atoms with Crippen molar-refractivity contribution in [2.45, 2.75) is 89.4 Å². The van der Waals surface area contributed by atoms with Crippen molar-refractivity contribution in [3.63, 3.8) is 0 Å². The summed E-state index contributed by atoms with van der Waals surface area (Å²) in [5, 5.41) is 0. The van der Waals surface area contributed by atoms with Crippen LogP contribution in [0.3, 0.4) is 0 Å². The van der Waals surface area contributed by atoms with E-state index in [0.29, 0.717) is 12.3 Å². The molecule has 0 spiro atoms. The van der Waals surface area contributed by atoms with Crippen LogP contribution in [-0.2, 0) is 0 Å². The molecule has 2 fully saturated rings. The summed E-state index contributed by atoms with van der Waals surface area (Å²) in [5.74, 6) is 3.20. The number of halogens is 1. The number of hydrogen-bond acceptors (Lipinski definition) is 0. The molecule has 0 radical (unpaired) electrons. The van der Waals surface area contributed by atoms with E-state index in [1.165, 1.54) is 64.2 Å². The molecule has 0 amide bonds. The molecule has 0 N–H and O–H groups in total. The topological polar surface area (TPSA) is 0 Å². The molecule has 0 heterocycles.